The first kappa shape index (κ1) is 15.5. The second-order valence-corrected chi connectivity index (χ2v) is 5.88. The summed E-state index contributed by atoms with van der Waals surface area (Å²) in [6, 6.07) is 3.73. The number of rotatable bonds is 6. The zero-order chi connectivity index (χ0) is 14.6. The van der Waals surface area contributed by atoms with Crippen LogP contribution in [0.25, 0.3) is 0 Å². The maximum Gasteiger partial charge on any atom is 0.335 e. The number of sulfonamides is 1. The van der Waals surface area contributed by atoms with E-state index in [1.54, 1.807) is 14.0 Å². The van der Waals surface area contributed by atoms with Gasteiger partial charge in [-0.2, -0.15) is 0 Å². The third-order valence-corrected chi connectivity index (χ3v) is 4.39. The lowest BCUT2D eigenvalue weighted by Gasteiger charge is -2.15. The van der Waals surface area contributed by atoms with Gasteiger partial charge in [0.25, 0.3) is 0 Å². The van der Waals surface area contributed by atoms with Gasteiger partial charge in [-0.1, -0.05) is 6.92 Å². The van der Waals surface area contributed by atoms with E-state index in [2.05, 4.69) is 10.0 Å². The van der Waals surface area contributed by atoms with Gasteiger partial charge in [-0.25, -0.2) is 17.9 Å². The molecule has 6 nitrogen and oxygen atoms in total. The standard InChI is InChI=1S/C12H18N2O4S/c1-4-8(2)14-19(17,18)11-7-9(12(15)16)5-6-10(11)13-3/h5-8,13-14H,4H2,1-3H3,(H,15,16). The molecule has 0 fully saturated rings. The molecule has 3 N–H and O–H groups in total. The molecule has 1 aromatic rings. The summed E-state index contributed by atoms with van der Waals surface area (Å²) in [6.45, 7) is 3.61. The van der Waals surface area contributed by atoms with Crippen LogP contribution in [0.1, 0.15) is 30.6 Å². The summed E-state index contributed by atoms with van der Waals surface area (Å²) >= 11 is 0. The molecule has 7 heteroatoms. The van der Waals surface area contributed by atoms with E-state index in [0.29, 0.717) is 12.1 Å². The van der Waals surface area contributed by atoms with Crippen molar-refractivity contribution in [1.29, 1.82) is 0 Å². The summed E-state index contributed by atoms with van der Waals surface area (Å²) in [5.41, 5.74) is 0.296. The van der Waals surface area contributed by atoms with Gasteiger partial charge in [-0.15, -0.1) is 0 Å². The van der Waals surface area contributed by atoms with Gasteiger partial charge in [-0.05, 0) is 31.5 Å². The second kappa shape index (κ2) is 6.03. The van der Waals surface area contributed by atoms with Crippen LogP contribution in [0.5, 0.6) is 0 Å². The average Bonchev–Trinajstić information content (AvgIpc) is 2.37. The molecule has 1 rings (SSSR count). The number of hydrogen-bond acceptors (Lipinski definition) is 4. The van der Waals surface area contributed by atoms with Crippen molar-refractivity contribution in [3.63, 3.8) is 0 Å². The SMILES string of the molecule is CCC(C)NS(=O)(=O)c1cc(C(=O)O)ccc1NC. The highest BCUT2D eigenvalue weighted by atomic mass is 32.2. The molecule has 0 saturated heterocycles. The van der Waals surface area contributed by atoms with Crippen molar-refractivity contribution in [2.75, 3.05) is 12.4 Å². The number of nitrogens with one attached hydrogen (secondary N) is 2. The van der Waals surface area contributed by atoms with Gasteiger partial charge in [0.2, 0.25) is 10.0 Å². The number of carboxylic acids is 1. The molecule has 0 aliphatic rings. The minimum Gasteiger partial charge on any atom is -0.478 e. The van der Waals surface area contributed by atoms with Crippen LogP contribution in [0.15, 0.2) is 23.1 Å². The maximum atomic E-state index is 12.2. The molecule has 0 bridgehead atoms. The lowest BCUT2D eigenvalue weighted by atomic mass is 10.2. The summed E-state index contributed by atoms with van der Waals surface area (Å²) < 4.78 is 26.9. The Bertz CT molecular complexity index is 569. The van der Waals surface area contributed by atoms with Gasteiger partial charge in [-0.3, -0.25) is 0 Å². The van der Waals surface area contributed by atoms with Crippen LogP contribution >= 0.6 is 0 Å². The summed E-state index contributed by atoms with van der Waals surface area (Å²) in [5.74, 6) is -1.16. The molecule has 0 heterocycles. The highest BCUT2D eigenvalue weighted by molar-refractivity contribution is 7.89. The fourth-order valence-corrected chi connectivity index (χ4v) is 3.06. The fourth-order valence-electron chi connectivity index (χ4n) is 1.50. The Morgan fingerprint density at radius 3 is 2.53 bits per heavy atom. The number of carboxylic acid groups (broad SMARTS) is 1. The number of carbonyl (C=O) groups is 1. The molecule has 0 spiro atoms. The van der Waals surface area contributed by atoms with Crippen LogP contribution in [0.2, 0.25) is 0 Å². The molecule has 0 amide bonds. The quantitative estimate of drug-likeness (QED) is 0.736. The molecule has 19 heavy (non-hydrogen) atoms. The lowest BCUT2D eigenvalue weighted by Crippen LogP contribution is -2.32. The van der Waals surface area contributed by atoms with E-state index >= 15 is 0 Å². The van der Waals surface area contributed by atoms with Crippen molar-refractivity contribution in [2.24, 2.45) is 0 Å². The van der Waals surface area contributed by atoms with Crippen molar-refractivity contribution in [3.8, 4) is 0 Å². The first-order valence-corrected chi connectivity index (χ1v) is 7.37. The molecule has 0 aliphatic carbocycles. The van der Waals surface area contributed by atoms with Crippen LogP contribution in [-0.2, 0) is 10.0 Å². The van der Waals surface area contributed by atoms with E-state index in [0.717, 1.165) is 6.07 Å². The van der Waals surface area contributed by atoms with Crippen LogP contribution in [0, 0.1) is 0 Å². The summed E-state index contributed by atoms with van der Waals surface area (Å²) in [5, 5.41) is 11.7. The molecule has 0 aliphatic heterocycles. The number of benzene rings is 1. The second-order valence-electron chi connectivity index (χ2n) is 4.20. The van der Waals surface area contributed by atoms with Gasteiger partial charge in [0, 0.05) is 13.1 Å². The van der Waals surface area contributed by atoms with E-state index < -0.39 is 16.0 Å². The monoisotopic (exact) mass is 286 g/mol. The highest BCUT2D eigenvalue weighted by Crippen LogP contribution is 2.22. The van der Waals surface area contributed by atoms with Crippen molar-refractivity contribution in [2.45, 2.75) is 31.2 Å². The predicted octanol–water partition coefficient (Wildman–Crippen LogP) is 1.50. The summed E-state index contributed by atoms with van der Waals surface area (Å²) in [7, 11) is -2.16. The van der Waals surface area contributed by atoms with Crippen molar-refractivity contribution in [3.05, 3.63) is 23.8 Å². The molecule has 0 saturated carbocycles. The van der Waals surface area contributed by atoms with Gasteiger partial charge in [0.05, 0.1) is 11.3 Å². The largest absolute Gasteiger partial charge is 0.478 e. The Hall–Kier alpha value is -1.60. The van der Waals surface area contributed by atoms with Gasteiger partial charge < -0.3 is 10.4 Å². The predicted molar refractivity (Wildman–Crippen MR) is 73.0 cm³/mol. The molecule has 1 unspecified atom stereocenters. The molecule has 1 aromatic carbocycles. The van der Waals surface area contributed by atoms with E-state index in [1.165, 1.54) is 12.1 Å². The van der Waals surface area contributed by atoms with Gasteiger partial charge >= 0.3 is 5.97 Å². The van der Waals surface area contributed by atoms with Crippen LogP contribution in [0.4, 0.5) is 5.69 Å². The van der Waals surface area contributed by atoms with Crippen LogP contribution < -0.4 is 10.0 Å². The average molecular weight is 286 g/mol. The van der Waals surface area contributed by atoms with Gasteiger partial charge in [0.1, 0.15) is 4.90 Å². The molecular weight excluding hydrogens is 268 g/mol. The van der Waals surface area contributed by atoms with Crippen molar-refractivity contribution in [1.82, 2.24) is 4.72 Å². The molecule has 106 valence electrons. The summed E-state index contributed by atoms with van der Waals surface area (Å²) in [4.78, 5) is 10.9. The minimum absolute atomic E-state index is 0.0600. The Morgan fingerprint density at radius 2 is 2.05 bits per heavy atom. The van der Waals surface area contributed by atoms with E-state index in [-0.39, 0.29) is 16.5 Å². The van der Waals surface area contributed by atoms with Crippen molar-refractivity contribution < 1.29 is 18.3 Å². The number of hydrogen-bond donors (Lipinski definition) is 3. The minimum atomic E-state index is -3.75. The Kier molecular flexibility index (Phi) is 4.90. The third-order valence-electron chi connectivity index (χ3n) is 2.76. The van der Waals surface area contributed by atoms with E-state index in [1.807, 2.05) is 6.92 Å². The van der Waals surface area contributed by atoms with Crippen LogP contribution in [0.3, 0.4) is 0 Å². The Morgan fingerprint density at radius 1 is 1.42 bits per heavy atom. The Balaban J connectivity index is 3.30. The Labute approximate surface area is 112 Å². The fraction of sp³-hybridized carbons (Fsp3) is 0.417. The highest BCUT2D eigenvalue weighted by Gasteiger charge is 2.21. The lowest BCUT2D eigenvalue weighted by molar-refractivity contribution is 0.0696. The zero-order valence-electron chi connectivity index (χ0n) is 11.1. The molecule has 0 radical (unpaired) electrons. The molecular formula is C12H18N2O4S. The van der Waals surface area contributed by atoms with Crippen LogP contribution in [-0.4, -0.2) is 32.6 Å². The molecule has 0 aromatic heterocycles. The summed E-state index contributed by atoms with van der Waals surface area (Å²) in [6.07, 6.45) is 0.646. The molecule has 1 atom stereocenters. The zero-order valence-corrected chi connectivity index (χ0v) is 11.9. The normalized spacial score (nSPS) is 13.0. The topological polar surface area (TPSA) is 95.5 Å². The van der Waals surface area contributed by atoms with E-state index in [9.17, 15) is 13.2 Å². The maximum absolute atomic E-state index is 12.2. The first-order valence-electron chi connectivity index (χ1n) is 5.89. The van der Waals surface area contributed by atoms with Crippen molar-refractivity contribution >= 4 is 21.7 Å². The number of aromatic carboxylic acids is 1. The smallest absolute Gasteiger partial charge is 0.335 e. The third kappa shape index (κ3) is 3.68. The van der Waals surface area contributed by atoms with E-state index in [4.69, 9.17) is 5.11 Å². The number of anilines is 1. The first-order chi connectivity index (χ1) is 8.81. The van der Waals surface area contributed by atoms with Gasteiger partial charge in [0.15, 0.2) is 0 Å².